The lowest BCUT2D eigenvalue weighted by atomic mass is 10.4. The third kappa shape index (κ3) is 4.39. The zero-order valence-corrected chi connectivity index (χ0v) is 12.1. The first-order valence-electron chi connectivity index (χ1n) is 5.57. The first-order valence-corrected chi connectivity index (χ1v) is 8.21. The zero-order valence-electron chi connectivity index (χ0n) is 9.68. The number of hydrogen-bond donors (Lipinski definition) is 1. The largest absolute Gasteiger partial charge is 0.311 e. The Morgan fingerprint density at radius 2 is 2.41 bits per heavy atom. The average Bonchev–Trinajstić information content (AvgIpc) is 2.99. The van der Waals surface area contributed by atoms with Gasteiger partial charge in [-0.05, 0) is 23.0 Å². The van der Waals surface area contributed by atoms with Gasteiger partial charge in [0.25, 0.3) is 0 Å². The van der Waals surface area contributed by atoms with Crippen molar-refractivity contribution >= 4 is 34.6 Å². The minimum atomic E-state index is 0.924. The van der Waals surface area contributed by atoms with Gasteiger partial charge in [0.2, 0.25) is 0 Å². The third-order valence-corrected chi connectivity index (χ3v) is 4.90. The van der Waals surface area contributed by atoms with Gasteiger partial charge in [-0.15, -0.1) is 11.3 Å². The van der Waals surface area contributed by atoms with Gasteiger partial charge in [0.05, 0.1) is 0 Å². The molecule has 0 aliphatic carbocycles. The summed E-state index contributed by atoms with van der Waals surface area (Å²) in [4.78, 5) is 5.81. The Morgan fingerprint density at radius 1 is 1.47 bits per heavy atom. The highest BCUT2D eigenvalue weighted by Crippen LogP contribution is 2.19. The molecule has 2 rings (SSSR count). The predicted octanol–water partition coefficient (Wildman–Crippen LogP) is 3.04. The van der Waals surface area contributed by atoms with Crippen molar-refractivity contribution in [2.75, 3.05) is 12.3 Å². The van der Waals surface area contributed by atoms with E-state index in [0.717, 1.165) is 35.4 Å². The maximum atomic E-state index is 4.42. The Morgan fingerprint density at radius 3 is 3.12 bits per heavy atom. The molecule has 0 aromatic carbocycles. The van der Waals surface area contributed by atoms with Crippen molar-refractivity contribution in [2.24, 2.45) is 0 Å². The zero-order chi connectivity index (χ0) is 11.9. The molecule has 92 valence electrons. The summed E-state index contributed by atoms with van der Waals surface area (Å²) in [6, 6.07) is 4.24. The quantitative estimate of drug-likeness (QED) is 0.627. The van der Waals surface area contributed by atoms with E-state index >= 15 is 0 Å². The molecule has 2 aromatic heterocycles. The molecule has 0 unspecified atom stereocenters. The van der Waals surface area contributed by atoms with Crippen LogP contribution in [0.1, 0.15) is 17.6 Å². The van der Waals surface area contributed by atoms with E-state index in [1.165, 1.54) is 16.4 Å². The van der Waals surface area contributed by atoms with Gasteiger partial charge in [-0.2, -0.15) is 4.37 Å². The Kier molecular flexibility index (Phi) is 5.44. The van der Waals surface area contributed by atoms with E-state index in [9.17, 15) is 0 Å². The highest BCUT2D eigenvalue weighted by Gasteiger charge is 2.02. The van der Waals surface area contributed by atoms with Crippen LogP contribution in [0.15, 0.2) is 21.9 Å². The standard InChI is InChI=1S/C11H15N3S3/c1-2-10-13-11(17-14-10)16-7-5-12-8-9-4-3-6-15-9/h3-4,6,12H,2,5,7-8H2,1H3. The fraction of sp³-hybridized carbons (Fsp3) is 0.455. The van der Waals surface area contributed by atoms with Gasteiger partial charge in [-0.25, -0.2) is 4.98 Å². The minimum absolute atomic E-state index is 0.924. The molecule has 0 amide bonds. The number of aromatic nitrogens is 2. The van der Waals surface area contributed by atoms with Crippen LogP contribution in [0, 0.1) is 0 Å². The highest BCUT2D eigenvalue weighted by molar-refractivity contribution is 8.00. The number of nitrogens with zero attached hydrogens (tertiary/aromatic N) is 2. The van der Waals surface area contributed by atoms with E-state index in [1.807, 2.05) is 0 Å². The summed E-state index contributed by atoms with van der Waals surface area (Å²) >= 11 is 5.08. The van der Waals surface area contributed by atoms with E-state index in [-0.39, 0.29) is 0 Å². The van der Waals surface area contributed by atoms with Crippen LogP contribution in [0.2, 0.25) is 0 Å². The van der Waals surface area contributed by atoms with Gasteiger partial charge in [0, 0.05) is 30.1 Å². The van der Waals surface area contributed by atoms with Crippen LogP contribution in [0.3, 0.4) is 0 Å². The number of hydrogen-bond acceptors (Lipinski definition) is 6. The summed E-state index contributed by atoms with van der Waals surface area (Å²) in [6.07, 6.45) is 0.924. The number of thioether (sulfide) groups is 1. The van der Waals surface area contributed by atoms with Crippen molar-refractivity contribution in [1.82, 2.24) is 14.7 Å². The third-order valence-electron chi connectivity index (χ3n) is 2.15. The molecular formula is C11H15N3S3. The van der Waals surface area contributed by atoms with Crippen LogP contribution in [0.5, 0.6) is 0 Å². The molecule has 0 bridgehead atoms. The maximum Gasteiger partial charge on any atom is 0.170 e. The van der Waals surface area contributed by atoms with Gasteiger partial charge in [-0.3, -0.25) is 0 Å². The molecular weight excluding hydrogens is 270 g/mol. The molecule has 0 fully saturated rings. The maximum absolute atomic E-state index is 4.42. The number of rotatable bonds is 7. The first-order chi connectivity index (χ1) is 8.38. The first kappa shape index (κ1) is 13.0. The lowest BCUT2D eigenvalue weighted by Crippen LogP contribution is -2.15. The molecule has 0 saturated carbocycles. The monoisotopic (exact) mass is 285 g/mol. The molecule has 6 heteroatoms. The summed E-state index contributed by atoms with van der Waals surface area (Å²) in [6.45, 7) is 4.05. The normalized spacial score (nSPS) is 10.9. The van der Waals surface area contributed by atoms with Crippen molar-refractivity contribution in [3.63, 3.8) is 0 Å². The van der Waals surface area contributed by atoms with Gasteiger partial charge < -0.3 is 5.32 Å². The summed E-state index contributed by atoms with van der Waals surface area (Å²) in [5, 5.41) is 5.54. The second-order valence-electron chi connectivity index (χ2n) is 3.43. The van der Waals surface area contributed by atoms with Crippen LogP contribution in [0.4, 0.5) is 0 Å². The Hall–Kier alpha value is -0.430. The molecule has 3 nitrogen and oxygen atoms in total. The van der Waals surface area contributed by atoms with Gasteiger partial charge in [-0.1, -0.05) is 24.8 Å². The minimum Gasteiger partial charge on any atom is -0.311 e. The summed E-state index contributed by atoms with van der Waals surface area (Å²) < 4.78 is 5.35. The summed E-state index contributed by atoms with van der Waals surface area (Å²) in [7, 11) is 0. The molecule has 0 spiro atoms. The summed E-state index contributed by atoms with van der Waals surface area (Å²) in [5.41, 5.74) is 0. The topological polar surface area (TPSA) is 37.8 Å². The van der Waals surface area contributed by atoms with E-state index in [0.29, 0.717) is 0 Å². The second-order valence-corrected chi connectivity index (χ2v) is 6.56. The van der Waals surface area contributed by atoms with Crippen molar-refractivity contribution in [1.29, 1.82) is 0 Å². The Labute approximate surface area is 114 Å². The van der Waals surface area contributed by atoms with Crippen molar-refractivity contribution < 1.29 is 0 Å². The summed E-state index contributed by atoms with van der Waals surface area (Å²) in [5.74, 6) is 2.01. The van der Waals surface area contributed by atoms with Crippen LogP contribution in [0.25, 0.3) is 0 Å². The van der Waals surface area contributed by atoms with Crippen molar-refractivity contribution in [2.45, 2.75) is 24.2 Å². The predicted molar refractivity (Wildman–Crippen MR) is 76.0 cm³/mol. The molecule has 1 N–H and O–H groups in total. The highest BCUT2D eigenvalue weighted by atomic mass is 32.2. The van der Waals surface area contributed by atoms with Gasteiger partial charge in [0.15, 0.2) is 4.34 Å². The lowest BCUT2D eigenvalue weighted by molar-refractivity contribution is 0.741. The molecule has 17 heavy (non-hydrogen) atoms. The van der Waals surface area contributed by atoms with Crippen LogP contribution >= 0.6 is 34.6 Å². The fourth-order valence-electron chi connectivity index (χ4n) is 1.28. The molecule has 0 atom stereocenters. The number of thiophene rings is 1. The Bertz CT molecular complexity index is 425. The smallest absolute Gasteiger partial charge is 0.170 e. The molecule has 0 aliphatic rings. The molecule has 2 heterocycles. The van der Waals surface area contributed by atoms with Crippen LogP contribution in [-0.2, 0) is 13.0 Å². The van der Waals surface area contributed by atoms with E-state index < -0.39 is 0 Å². The lowest BCUT2D eigenvalue weighted by Gasteiger charge is -2.00. The van der Waals surface area contributed by atoms with Crippen LogP contribution < -0.4 is 5.32 Å². The SMILES string of the molecule is CCc1nsc(SCCNCc2cccs2)n1. The number of aryl methyl sites for hydroxylation is 1. The average molecular weight is 285 g/mol. The fourth-order valence-corrected chi connectivity index (χ4v) is 3.61. The van der Waals surface area contributed by atoms with E-state index in [4.69, 9.17) is 0 Å². The van der Waals surface area contributed by atoms with Crippen molar-refractivity contribution in [3.8, 4) is 0 Å². The van der Waals surface area contributed by atoms with E-state index in [2.05, 4.69) is 39.1 Å². The molecule has 2 aromatic rings. The molecule has 0 radical (unpaired) electrons. The Balaban J connectivity index is 1.60. The number of nitrogens with one attached hydrogen (secondary N) is 1. The molecule has 0 aliphatic heterocycles. The molecule has 0 saturated heterocycles. The second kappa shape index (κ2) is 7.10. The van der Waals surface area contributed by atoms with E-state index in [1.54, 1.807) is 23.1 Å². The van der Waals surface area contributed by atoms with Gasteiger partial charge >= 0.3 is 0 Å². The van der Waals surface area contributed by atoms with Gasteiger partial charge in [0.1, 0.15) is 5.82 Å². The van der Waals surface area contributed by atoms with Crippen LogP contribution in [-0.4, -0.2) is 21.7 Å². The van der Waals surface area contributed by atoms with Crippen molar-refractivity contribution in [3.05, 3.63) is 28.2 Å².